The number of nitrogens with one attached hydrogen (secondary N) is 2. The van der Waals surface area contributed by atoms with Gasteiger partial charge < -0.3 is 15.5 Å². The molecule has 1 heterocycles. The molecular weight excluding hydrogens is 272 g/mol. The van der Waals surface area contributed by atoms with E-state index in [1.807, 2.05) is 0 Å². The lowest BCUT2D eigenvalue weighted by Crippen LogP contribution is -2.43. The molecule has 22 heavy (non-hydrogen) atoms. The second-order valence-electron chi connectivity index (χ2n) is 7.14. The molecule has 1 rings (SSSR count). The molecule has 2 unspecified atom stereocenters. The van der Waals surface area contributed by atoms with E-state index in [0.29, 0.717) is 6.04 Å². The average Bonchev–Trinajstić information content (AvgIpc) is 2.51. The third kappa shape index (κ3) is 8.02. The SMILES string of the molecule is CCNC(=NCC1CCCN(CC)C1)NC(C)CCC(C)C. The van der Waals surface area contributed by atoms with Gasteiger partial charge in [-0.25, -0.2) is 0 Å². The second-order valence-corrected chi connectivity index (χ2v) is 7.14. The first kappa shape index (κ1) is 19.3. The van der Waals surface area contributed by atoms with Crippen molar-refractivity contribution in [2.75, 3.05) is 32.7 Å². The van der Waals surface area contributed by atoms with E-state index in [2.05, 4.69) is 50.2 Å². The first-order valence-corrected chi connectivity index (χ1v) is 9.32. The van der Waals surface area contributed by atoms with Crippen molar-refractivity contribution < 1.29 is 0 Å². The Morgan fingerprint density at radius 2 is 2.00 bits per heavy atom. The molecule has 4 nitrogen and oxygen atoms in total. The van der Waals surface area contributed by atoms with Gasteiger partial charge in [0.05, 0.1) is 0 Å². The highest BCUT2D eigenvalue weighted by Gasteiger charge is 2.18. The van der Waals surface area contributed by atoms with E-state index in [0.717, 1.165) is 30.9 Å². The summed E-state index contributed by atoms with van der Waals surface area (Å²) < 4.78 is 0. The molecule has 0 radical (unpaired) electrons. The lowest BCUT2D eigenvalue weighted by Gasteiger charge is -2.31. The molecule has 0 aliphatic carbocycles. The molecule has 0 spiro atoms. The molecule has 4 heteroatoms. The Morgan fingerprint density at radius 1 is 1.23 bits per heavy atom. The van der Waals surface area contributed by atoms with Gasteiger partial charge in [-0.1, -0.05) is 20.8 Å². The zero-order valence-electron chi connectivity index (χ0n) is 15.5. The molecule has 130 valence electrons. The molecule has 1 aliphatic heterocycles. The molecule has 0 amide bonds. The van der Waals surface area contributed by atoms with Crippen molar-refractivity contribution in [2.45, 2.75) is 66.3 Å². The first-order chi connectivity index (χ1) is 10.5. The maximum Gasteiger partial charge on any atom is 0.191 e. The van der Waals surface area contributed by atoms with Gasteiger partial charge in [-0.2, -0.15) is 0 Å². The lowest BCUT2D eigenvalue weighted by atomic mass is 9.98. The minimum Gasteiger partial charge on any atom is -0.357 e. The Morgan fingerprint density at radius 3 is 2.64 bits per heavy atom. The van der Waals surface area contributed by atoms with E-state index < -0.39 is 0 Å². The fourth-order valence-corrected chi connectivity index (χ4v) is 3.02. The summed E-state index contributed by atoms with van der Waals surface area (Å²) in [7, 11) is 0. The number of hydrogen-bond donors (Lipinski definition) is 2. The summed E-state index contributed by atoms with van der Waals surface area (Å²) in [5.41, 5.74) is 0. The van der Waals surface area contributed by atoms with Gasteiger partial charge in [0, 0.05) is 25.7 Å². The third-order valence-corrected chi connectivity index (χ3v) is 4.46. The van der Waals surface area contributed by atoms with Crippen LogP contribution in [0.1, 0.15) is 60.3 Å². The van der Waals surface area contributed by atoms with Gasteiger partial charge in [-0.05, 0) is 64.5 Å². The number of rotatable bonds is 8. The number of likely N-dealkylation sites (tertiary alicyclic amines) is 1. The highest BCUT2D eigenvalue weighted by molar-refractivity contribution is 5.80. The van der Waals surface area contributed by atoms with Crippen LogP contribution in [-0.4, -0.2) is 49.6 Å². The van der Waals surface area contributed by atoms with Crippen LogP contribution in [0.2, 0.25) is 0 Å². The molecule has 0 aromatic carbocycles. The summed E-state index contributed by atoms with van der Waals surface area (Å²) in [5, 5.41) is 6.95. The number of guanidine groups is 1. The Labute approximate surface area is 138 Å². The molecular formula is C18H38N4. The fourth-order valence-electron chi connectivity index (χ4n) is 3.02. The highest BCUT2D eigenvalue weighted by Crippen LogP contribution is 2.16. The van der Waals surface area contributed by atoms with Crippen molar-refractivity contribution in [1.29, 1.82) is 0 Å². The van der Waals surface area contributed by atoms with E-state index >= 15 is 0 Å². The van der Waals surface area contributed by atoms with Crippen LogP contribution in [0.4, 0.5) is 0 Å². The van der Waals surface area contributed by atoms with Crippen LogP contribution in [0, 0.1) is 11.8 Å². The van der Waals surface area contributed by atoms with E-state index in [1.54, 1.807) is 0 Å². The van der Waals surface area contributed by atoms with Crippen LogP contribution < -0.4 is 10.6 Å². The summed E-state index contributed by atoms with van der Waals surface area (Å²) in [6.07, 6.45) is 5.11. The van der Waals surface area contributed by atoms with Crippen molar-refractivity contribution in [3.63, 3.8) is 0 Å². The predicted octanol–water partition coefficient (Wildman–Crippen LogP) is 3.10. The molecule has 0 aromatic rings. The van der Waals surface area contributed by atoms with Gasteiger partial charge in [-0.15, -0.1) is 0 Å². The zero-order chi connectivity index (χ0) is 16.4. The topological polar surface area (TPSA) is 39.7 Å². The van der Waals surface area contributed by atoms with Crippen LogP contribution in [0.15, 0.2) is 4.99 Å². The summed E-state index contributed by atoms with van der Waals surface area (Å²) >= 11 is 0. The Kier molecular flexibility index (Phi) is 9.53. The molecule has 1 saturated heterocycles. The van der Waals surface area contributed by atoms with E-state index in [-0.39, 0.29) is 0 Å². The van der Waals surface area contributed by atoms with Gasteiger partial charge in [-0.3, -0.25) is 4.99 Å². The van der Waals surface area contributed by atoms with Crippen molar-refractivity contribution in [2.24, 2.45) is 16.8 Å². The molecule has 2 atom stereocenters. The Hall–Kier alpha value is -0.770. The quantitative estimate of drug-likeness (QED) is 0.534. The van der Waals surface area contributed by atoms with Crippen LogP contribution in [0.5, 0.6) is 0 Å². The number of aliphatic imine (C=N–C) groups is 1. The molecule has 2 N–H and O–H groups in total. The largest absolute Gasteiger partial charge is 0.357 e. The van der Waals surface area contributed by atoms with Gasteiger partial charge in [0.25, 0.3) is 0 Å². The van der Waals surface area contributed by atoms with Crippen molar-refractivity contribution in [1.82, 2.24) is 15.5 Å². The minimum atomic E-state index is 0.485. The van der Waals surface area contributed by atoms with Gasteiger partial charge in [0.1, 0.15) is 0 Å². The lowest BCUT2D eigenvalue weighted by molar-refractivity contribution is 0.186. The number of hydrogen-bond acceptors (Lipinski definition) is 2. The van der Waals surface area contributed by atoms with Crippen molar-refractivity contribution in [3.05, 3.63) is 0 Å². The Bertz CT molecular complexity index is 314. The third-order valence-electron chi connectivity index (χ3n) is 4.46. The fraction of sp³-hybridized carbons (Fsp3) is 0.944. The Balaban J connectivity index is 2.43. The first-order valence-electron chi connectivity index (χ1n) is 9.32. The van der Waals surface area contributed by atoms with Gasteiger partial charge >= 0.3 is 0 Å². The monoisotopic (exact) mass is 310 g/mol. The summed E-state index contributed by atoms with van der Waals surface area (Å²) in [6.45, 7) is 16.7. The molecule has 1 fully saturated rings. The predicted molar refractivity (Wildman–Crippen MR) is 97.5 cm³/mol. The van der Waals surface area contributed by atoms with Crippen molar-refractivity contribution in [3.8, 4) is 0 Å². The van der Waals surface area contributed by atoms with Crippen LogP contribution in [-0.2, 0) is 0 Å². The molecule has 0 saturated carbocycles. The zero-order valence-corrected chi connectivity index (χ0v) is 15.5. The standard InChI is InChI=1S/C18H38N4/c1-6-19-18(21-16(5)11-10-15(3)4)20-13-17-9-8-12-22(7-2)14-17/h15-17H,6-14H2,1-5H3,(H2,19,20,21). The maximum absolute atomic E-state index is 4.84. The molecule has 1 aliphatic rings. The summed E-state index contributed by atoms with van der Waals surface area (Å²) in [5.74, 6) is 2.48. The average molecular weight is 311 g/mol. The van der Waals surface area contributed by atoms with Crippen molar-refractivity contribution >= 4 is 5.96 Å². The molecule has 0 bridgehead atoms. The smallest absolute Gasteiger partial charge is 0.191 e. The van der Waals surface area contributed by atoms with Crippen LogP contribution >= 0.6 is 0 Å². The second kappa shape index (κ2) is 10.9. The maximum atomic E-state index is 4.84. The highest BCUT2D eigenvalue weighted by atomic mass is 15.2. The van der Waals surface area contributed by atoms with E-state index in [4.69, 9.17) is 4.99 Å². The minimum absolute atomic E-state index is 0.485. The van der Waals surface area contributed by atoms with Crippen LogP contribution in [0.3, 0.4) is 0 Å². The van der Waals surface area contributed by atoms with E-state index in [9.17, 15) is 0 Å². The summed E-state index contributed by atoms with van der Waals surface area (Å²) in [6, 6.07) is 0.485. The normalized spacial score (nSPS) is 21.9. The molecule has 0 aromatic heterocycles. The van der Waals surface area contributed by atoms with Gasteiger partial charge in [0.15, 0.2) is 5.96 Å². The van der Waals surface area contributed by atoms with Crippen LogP contribution in [0.25, 0.3) is 0 Å². The summed E-state index contributed by atoms with van der Waals surface area (Å²) in [4.78, 5) is 7.39. The number of piperidine rings is 1. The van der Waals surface area contributed by atoms with Gasteiger partial charge in [0.2, 0.25) is 0 Å². The van der Waals surface area contributed by atoms with E-state index in [1.165, 1.54) is 45.3 Å². The number of nitrogens with zero attached hydrogens (tertiary/aromatic N) is 2.